The molecule has 1 unspecified atom stereocenters. The molecule has 0 N–H and O–H groups in total. The molecule has 0 radical (unpaired) electrons. The Morgan fingerprint density at radius 1 is 1.46 bits per heavy atom. The lowest BCUT2D eigenvalue weighted by atomic mass is 9.86. The van der Waals surface area contributed by atoms with Crippen molar-refractivity contribution in [3.8, 4) is 0 Å². The zero-order chi connectivity index (χ0) is 9.90. The Bertz CT molecular complexity index is 264. The van der Waals surface area contributed by atoms with E-state index < -0.39 is 0 Å². The van der Waals surface area contributed by atoms with Crippen LogP contribution in [-0.2, 0) is 6.42 Å². The Kier molecular flexibility index (Phi) is 4.08. The van der Waals surface area contributed by atoms with E-state index in [1.807, 2.05) is 6.07 Å². The van der Waals surface area contributed by atoms with Gasteiger partial charge in [-0.05, 0) is 30.4 Å². The zero-order valence-electron chi connectivity index (χ0n) is 7.94. The first-order valence-corrected chi connectivity index (χ1v) is 6.13. The van der Waals surface area contributed by atoms with Crippen LogP contribution in [0.4, 0.5) is 0 Å². The van der Waals surface area contributed by atoms with Gasteiger partial charge in [0, 0.05) is 10.8 Å². The quantitative estimate of drug-likeness (QED) is 0.671. The topological polar surface area (TPSA) is 0 Å². The van der Waals surface area contributed by atoms with Gasteiger partial charge < -0.3 is 0 Å². The van der Waals surface area contributed by atoms with Crippen molar-refractivity contribution in [2.45, 2.75) is 26.7 Å². The van der Waals surface area contributed by atoms with Crippen LogP contribution in [0.2, 0.25) is 4.34 Å². The summed E-state index contributed by atoms with van der Waals surface area (Å²) in [4.78, 5) is 1.33. The van der Waals surface area contributed by atoms with Crippen molar-refractivity contribution in [2.24, 2.45) is 5.41 Å². The van der Waals surface area contributed by atoms with Crippen LogP contribution in [0, 0.1) is 5.41 Å². The summed E-state index contributed by atoms with van der Waals surface area (Å²) in [5.41, 5.74) is 0.218. The van der Waals surface area contributed by atoms with Gasteiger partial charge in [0.25, 0.3) is 0 Å². The first-order valence-electron chi connectivity index (χ1n) is 4.40. The van der Waals surface area contributed by atoms with Crippen molar-refractivity contribution >= 4 is 34.5 Å². The summed E-state index contributed by atoms with van der Waals surface area (Å²) in [7, 11) is 0. The number of halogens is 2. The normalized spacial score (nSPS) is 15.7. The Labute approximate surface area is 93.9 Å². The van der Waals surface area contributed by atoms with Crippen molar-refractivity contribution in [2.75, 3.05) is 5.88 Å². The number of hydrogen-bond acceptors (Lipinski definition) is 1. The Morgan fingerprint density at radius 3 is 2.54 bits per heavy atom. The number of alkyl halides is 1. The second kappa shape index (κ2) is 4.68. The highest BCUT2D eigenvalue weighted by Crippen LogP contribution is 2.32. The van der Waals surface area contributed by atoms with Gasteiger partial charge in [-0.1, -0.05) is 25.4 Å². The summed E-state index contributed by atoms with van der Waals surface area (Å²) in [6, 6.07) is 4.04. The molecule has 74 valence electrons. The first-order chi connectivity index (χ1) is 6.09. The van der Waals surface area contributed by atoms with Crippen LogP contribution in [-0.4, -0.2) is 5.88 Å². The van der Waals surface area contributed by atoms with E-state index in [0.717, 1.165) is 17.2 Å². The molecule has 0 spiro atoms. The minimum absolute atomic E-state index is 0.218. The van der Waals surface area contributed by atoms with Crippen molar-refractivity contribution < 1.29 is 0 Å². The van der Waals surface area contributed by atoms with E-state index >= 15 is 0 Å². The molecule has 0 amide bonds. The molecule has 0 aromatic carbocycles. The summed E-state index contributed by atoms with van der Waals surface area (Å²) in [6.45, 7) is 4.39. The van der Waals surface area contributed by atoms with Crippen molar-refractivity contribution in [3.05, 3.63) is 21.3 Å². The third-order valence-corrected chi connectivity index (χ3v) is 4.28. The third kappa shape index (κ3) is 3.16. The molecule has 1 aromatic heterocycles. The summed E-state index contributed by atoms with van der Waals surface area (Å²) < 4.78 is 0.864. The van der Waals surface area contributed by atoms with E-state index in [1.54, 1.807) is 11.3 Å². The lowest BCUT2D eigenvalue weighted by Gasteiger charge is -2.24. The van der Waals surface area contributed by atoms with E-state index in [-0.39, 0.29) is 5.41 Å². The van der Waals surface area contributed by atoms with Gasteiger partial charge in [-0.25, -0.2) is 0 Å². The molecule has 0 aliphatic carbocycles. The van der Waals surface area contributed by atoms with E-state index in [4.69, 9.17) is 23.2 Å². The fourth-order valence-corrected chi connectivity index (χ4v) is 2.72. The maximum Gasteiger partial charge on any atom is 0.0931 e. The van der Waals surface area contributed by atoms with E-state index in [2.05, 4.69) is 19.9 Å². The summed E-state index contributed by atoms with van der Waals surface area (Å²) in [5.74, 6) is 0.707. The van der Waals surface area contributed by atoms with Crippen LogP contribution in [0.15, 0.2) is 12.1 Å². The van der Waals surface area contributed by atoms with Gasteiger partial charge >= 0.3 is 0 Å². The molecule has 1 rings (SSSR count). The van der Waals surface area contributed by atoms with Crippen molar-refractivity contribution in [1.29, 1.82) is 0 Å². The van der Waals surface area contributed by atoms with E-state index in [9.17, 15) is 0 Å². The lowest BCUT2D eigenvalue weighted by molar-refractivity contribution is 0.358. The summed E-state index contributed by atoms with van der Waals surface area (Å²) in [5, 5.41) is 0. The molecule has 1 heterocycles. The maximum atomic E-state index is 5.94. The van der Waals surface area contributed by atoms with Gasteiger partial charge in [-0.3, -0.25) is 0 Å². The molecule has 1 aromatic rings. The van der Waals surface area contributed by atoms with Crippen LogP contribution >= 0.6 is 34.5 Å². The first kappa shape index (κ1) is 11.4. The van der Waals surface area contributed by atoms with Gasteiger partial charge in [0.2, 0.25) is 0 Å². The lowest BCUT2D eigenvalue weighted by Crippen LogP contribution is -2.19. The highest BCUT2D eigenvalue weighted by Gasteiger charge is 2.21. The highest BCUT2D eigenvalue weighted by atomic mass is 35.5. The Morgan fingerprint density at radius 2 is 2.15 bits per heavy atom. The summed E-state index contributed by atoms with van der Waals surface area (Å²) >= 11 is 13.5. The minimum Gasteiger partial charge on any atom is -0.128 e. The largest absolute Gasteiger partial charge is 0.128 e. The fraction of sp³-hybridized carbons (Fsp3) is 0.600. The molecule has 3 heteroatoms. The third-order valence-electron chi connectivity index (χ3n) is 2.41. The average Bonchev–Trinajstić information content (AvgIpc) is 2.51. The Hall–Kier alpha value is 0.280. The second-order valence-electron chi connectivity index (χ2n) is 3.68. The molecule has 0 aliphatic rings. The van der Waals surface area contributed by atoms with E-state index in [1.165, 1.54) is 4.88 Å². The molecule has 13 heavy (non-hydrogen) atoms. The molecular weight excluding hydrogens is 223 g/mol. The van der Waals surface area contributed by atoms with Gasteiger partial charge in [-0.2, -0.15) is 0 Å². The van der Waals surface area contributed by atoms with E-state index in [0.29, 0.717) is 5.88 Å². The number of thiophene rings is 1. The van der Waals surface area contributed by atoms with Crippen LogP contribution in [0.25, 0.3) is 0 Å². The van der Waals surface area contributed by atoms with Gasteiger partial charge in [-0.15, -0.1) is 22.9 Å². The average molecular weight is 237 g/mol. The van der Waals surface area contributed by atoms with Crippen molar-refractivity contribution in [3.63, 3.8) is 0 Å². The molecule has 0 saturated carbocycles. The standard InChI is InChI=1S/C10H14Cl2S/c1-3-10(2,7-11)6-8-4-5-9(12)13-8/h4-5H,3,6-7H2,1-2H3. The van der Waals surface area contributed by atoms with Crippen LogP contribution in [0.5, 0.6) is 0 Å². The molecule has 0 aliphatic heterocycles. The highest BCUT2D eigenvalue weighted by molar-refractivity contribution is 7.16. The second-order valence-corrected chi connectivity index (χ2v) is 5.75. The molecule has 0 nitrogen and oxygen atoms in total. The molecular formula is C10H14Cl2S. The van der Waals surface area contributed by atoms with Crippen LogP contribution < -0.4 is 0 Å². The van der Waals surface area contributed by atoms with Crippen LogP contribution in [0.1, 0.15) is 25.1 Å². The minimum atomic E-state index is 0.218. The predicted octanol–water partition coefficient (Wildman–Crippen LogP) is 4.60. The predicted molar refractivity (Wildman–Crippen MR) is 62.2 cm³/mol. The summed E-state index contributed by atoms with van der Waals surface area (Å²) in [6.07, 6.45) is 2.14. The van der Waals surface area contributed by atoms with Gasteiger partial charge in [0.1, 0.15) is 0 Å². The monoisotopic (exact) mass is 236 g/mol. The fourth-order valence-electron chi connectivity index (χ4n) is 1.13. The molecule has 1 atom stereocenters. The number of rotatable bonds is 4. The maximum absolute atomic E-state index is 5.94. The smallest absolute Gasteiger partial charge is 0.0931 e. The molecule has 0 fully saturated rings. The molecule has 0 bridgehead atoms. The van der Waals surface area contributed by atoms with Crippen LogP contribution in [0.3, 0.4) is 0 Å². The Balaban J connectivity index is 2.67. The molecule has 0 saturated heterocycles. The number of hydrogen-bond donors (Lipinski definition) is 0. The zero-order valence-corrected chi connectivity index (χ0v) is 10.3. The SMILES string of the molecule is CCC(C)(CCl)Cc1ccc(Cl)s1. The van der Waals surface area contributed by atoms with Gasteiger partial charge in [0.05, 0.1) is 4.34 Å². The van der Waals surface area contributed by atoms with Crippen molar-refractivity contribution in [1.82, 2.24) is 0 Å². The van der Waals surface area contributed by atoms with Gasteiger partial charge in [0.15, 0.2) is 0 Å².